The van der Waals surface area contributed by atoms with Crippen molar-refractivity contribution in [3.63, 3.8) is 0 Å². The maximum absolute atomic E-state index is 14.5. The molecule has 1 atom stereocenters. The number of sulfonamides is 1. The highest BCUT2D eigenvalue weighted by Crippen LogP contribution is 2.25. The van der Waals surface area contributed by atoms with Crippen LogP contribution in [0.4, 0.5) is 4.39 Å². The lowest BCUT2D eigenvalue weighted by molar-refractivity contribution is 0.0855. The molecule has 0 saturated heterocycles. The number of ketones is 1. The molecular weight excluding hydrogens is 300 g/mol. The maximum atomic E-state index is 14.5. The molecule has 0 heterocycles. The Bertz CT molecular complexity index is 636. The van der Waals surface area contributed by atoms with Gasteiger partial charge in [-0.1, -0.05) is 33.8 Å². The highest BCUT2D eigenvalue weighted by atomic mass is 32.2. The van der Waals surface area contributed by atoms with Gasteiger partial charge in [-0.05, 0) is 11.4 Å². The molecule has 0 amide bonds. The molecule has 0 radical (unpaired) electrons. The Balaban J connectivity index is 3.54. The van der Waals surface area contributed by atoms with Crippen LogP contribution in [-0.4, -0.2) is 20.7 Å². The molecule has 1 unspecified atom stereocenters. The lowest BCUT2D eigenvalue weighted by Crippen LogP contribution is -2.29. The molecule has 0 fully saturated rings. The molecule has 0 spiro atoms. The average molecular weight is 319 g/mol. The van der Waals surface area contributed by atoms with Crippen LogP contribution in [0.1, 0.15) is 38.1 Å². The minimum absolute atomic E-state index is 0.146. The third-order valence-electron chi connectivity index (χ3n) is 2.67. The van der Waals surface area contributed by atoms with Crippen molar-refractivity contribution < 1.29 is 17.6 Å². The normalized spacial score (nSPS) is 12.5. The van der Waals surface area contributed by atoms with Crippen molar-refractivity contribution in [2.24, 2.45) is 5.41 Å². The van der Waals surface area contributed by atoms with Gasteiger partial charge in [0, 0.05) is 12.0 Å². The Hall–Kier alpha value is -0.840. The van der Waals surface area contributed by atoms with E-state index in [1.807, 2.05) is 0 Å². The second-order valence-corrected chi connectivity index (χ2v) is 7.78. The van der Waals surface area contributed by atoms with Crippen molar-refractivity contribution in [3.05, 3.63) is 23.5 Å². The summed E-state index contributed by atoms with van der Waals surface area (Å²) in [6.07, 6.45) is 0. The molecule has 0 aliphatic carbocycles. The van der Waals surface area contributed by atoms with E-state index in [2.05, 4.69) is 14.0 Å². The first-order valence-corrected chi connectivity index (χ1v) is 8.21. The second kappa shape index (κ2) is 5.88. The first kappa shape index (κ1) is 17.2. The largest absolute Gasteiger partial charge is 0.293 e. The molecule has 1 aromatic rings. The standard InChI is InChI=1S/C13H19FNO3PS/c1-5-15-20(17,18)9-7-6-8(19)10(11(9)14)12(16)13(2,3)4/h6-7,15H,5,19H2,1-4H3. The van der Waals surface area contributed by atoms with E-state index in [-0.39, 0.29) is 12.1 Å². The summed E-state index contributed by atoms with van der Waals surface area (Å²) in [5.41, 5.74) is -0.992. The van der Waals surface area contributed by atoms with Crippen molar-refractivity contribution in [1.29, 1.82) is 0 Å². The van der Waals surface area contributed by atoms with Gasteiger partial charge in [0.25, 0.3) is 0 Å². The van der Waals surface area contributed by atoms with Gasteiger partial charge in [0.15, 0.2) is 11.6 Å². The molecule has 1 aromatic carbocycles. The van der Waals surface area contributed by atoms with Crippen LogP contribution >= 0.6 is 9.24 Å². The van der Waals surface area contributed by atoms with Crippen LogP contribution in [0, 0.1) is 11.2 Å². The van der Waals surface area contributed by atoms with Crippen LogP contribution in [0.25, 0.3) is 0 Å². The molecule has 20 heavy (non-hydrogen) atoms. The van der Waals surface area contributed by atoms with Crippen molar-refractivity contribution in [3.8, 4) is 0 Å². The van der Waals surface area contributed by atoms with E-state index >= 15 is 0 Å². The summed E-state index contributed by atoms with van der Waals surface area (Å²) in [5, 5.41) is 0.345. The highest BCUT2D eigenvalue weighted by molar-refractivity contribution is 7.89. The van der Waals surface area contributed by atoms with Crippen molar-refractivity contribution in [2.45, 2.75) is 32.6 Å². The molecule has 1 N–H and O–H groups in total. The van der Waals surface area contributed by atoms with Crippen LogP contribution in [0.5, 0.6) is 0 Å². The molecule has 0 aliphatic rings. The molecule has 0 aliphatic heterocycles. The fraction of sp³-hybridized carbons (Fsp3) is 0.462. The summed E-state index contributed by atoms with van der Waals surface area (Å²) < 4.78 is 40.5. The number of carbonyl (C=O) groups excluding carboxylic acids is 1. The summed E-state index contributed by atoms with van der Waals surface area (Å²) in [6.45, 7) is 6.71. The minimum atomic E-state index is -3.95. The Morgan fingerprint density at radius 3 is 2.35 bits per heavy atom. The Morgan fingerprint density at radius 1 is 1.35 bits per heavy atom. The number of hydrogen-bond donors (Lipinski definition) is 1. The predicted molar refractivity (Wildman–Crippen MR) is 80.4 cm³/mol. The first-order valence-electron chi connectivity index (χ1n) is 6.14. The van der Waals surface area contributed by atoms with Crippen molar-refractivity contribution >= 4 is 30.4 Å². The quantitative estimate of drug-likeness (QED) is 0.680. The molecule has 0 aromatic heterocycles. The lowest BCUT2D eigenvalue weighted by atomic mass is 9.86. The van der Waals surface area contributed by atoms with Gasteiger partial charge in [-0.2, -0.15) is 0 Å². The summed E-state index contributed by atoms with van der Waals surface area (Å²) in [6, 6.07) is 2.58. The number of Topliss-reactive ketones (excluding diaryl/α,β-unsaturated/α-hetero) is 1. The zero-order valence-electron chi connectivity index (χ0n) is 12.0. The monoisotopic (exact) mass is 319 g/mol. The van der Waals surface area contributed by atoms with Gasteiger partial charge in [0.2, 0.25) is 10.0 Å². The fourth-order valence-corrected chi connectivity index (χ4v) is 3.13. The number of halogens is 1. The molecule has 7 heteroatoms. The van der Waals surface area contributed by atoms with Gasteiger partial charge < -0.3 is 0 Å². The first-order chi connectivity index (χ1) is 9.02. The van der Waals surface area contributed by atoms with Crippen LogP contribution in [-0.2, 0) is 10.0 Å². The Morgan fingerprint density at radius 2 is 1.90 bits per heavy atom. The summed E-state index contributed by atoms with van der Waals surface area (Å²) in [4.78, 5) is 11.8. The van der Waals surface area contributed by atoms with Crippen LogP contribution in [0.2, 0.25) is 0 Å². The number of nitrogens with one attached hydrogen (secondary N) is 1. The number of benzene rings is 1. The molecule has 1 rings (SSSR count). The van der Waals surface area contributed by atoms with Gasteiger partial charge in [-0.3, -0.25) is 4.79 Å². The van der Waals surface area contributed by atoms with Crippen LogP contribution in [0.3, 0.4) is 0 Å². The molecule has 0 saturated carbocycles. The van der Waals surface area contributed by atoms with Gasteiger partial charge >= 0.3 is 0 Å². The minimum Gasteiger partial charge on any atom is -0.293 e. The van der Waals surface area contributed by atoms with Gasteiger partial charge in [-0.15, -0.1) is 9.24 Å². The zero-order valence-corrected chi connectivity index (χ0v) is 13.9. The Labute approximate surface area is 121 Å². The maximum Gasteiger partial charge on any atom is 0.243 e. The van der Waals surface area contributed by atoms with Crippen LogP contribution < -0.4 is 10.0 Å². The van der Waals surface area contributed by atoms with E-state index in [0.29, 0.717) is 5.30 Å². The Kier molecular flexibility index (Phi) is 5.06. The lowest BCUT2D eigenvalue weighted by Gasteiger charge is -2.19. The zero-order chi connectivity index (χ0) is 15.7. The van der Waals surface area contributed by atoms with E-state index < -0.39 is 31.9 Å². The van der Waals surface area contributed by atoms with Gasteiger partial charge in [0.1, 0.15) is 4.90 Å². The number of hydrogen-bond acceptors (Lipinski definition) is 3. The van der Waals surface area contributed by atoms with Crippen molar-refractivity contribution in [2.75, 3.05) is 6.54 Å². The van der Waals surface area contributed by atoms with E-state index in [4.69, 9.17) is 0 Å². The van der Waals surface area contributed by atoms with Crippen LogP contribution in [0.15, 0.2) is 17.0 Å². The SMILES string of the molecule is CCNS(=O)(=O)c1ccc(P)c(C(=O)C(C)(C)C)c1F. The third kappa shape index (κ3) is 3.43. The second-order valence-electron chi connectivity index (χ2n) is 5.42. The predicted octanol–water partition coefficient (Wildman–Crippen LogP) is 1.85. The number of carbonyl (C=O) groups is 1. The summed E-state index contributed by atoms with van der Waals surface area (Å²) in [7, 11) is -1.68. The molecule has 4 nitrogen and oxygen atoms in total. The average Bonchev–Trinajstić information content (AvgIpc) is 2.26. The summed E-state index contributed by atoms with van der Waals surface area (Å²) >= 11 is 0. The summed E-state index contributed by atoms with van der Waals surface area (Å²) in [5.74, 6) is -1.44. The molecule has 0 bridgehead atoms. The van der Waals surface area contributed by atoms with Crippen molar-refractivity contribution in [1.82, 2.24) is 4.72 Å². The molecule has 112 valence electrons. The third-order valence-corrected chi connectivity index (χ3v) is 4.72. The smallest absolute Gasteiger partial charge is 0.243 e. The topological polar surface area (TPSA) is 63.2 Å². The van der Waals surface area contributed by atoms with E-state index in [0.717, 1.165) is 6.07 Å². The van der Waals surface area contributed by atoms with E-state index in [9.17, 15) is 17.6 Å². The van der Waals surface area contributed by atoms with Gasteiger partial charge in [0.05, 0.1) is 5.56 Å². The fourth-order valence-electron chi connectivity index (χ4n) is 1.65. The highest BCUT2D eigenvalue weighted by Gasteiger charge is 2.31. The van der Waals surface area contributed by atoms with Gasteiger partial charge in [-0.25, -0.2) is 17.5 Å². The van der Waals surface area contributed by atoms with E-state index in [1.165, 1.54) is 6.07 Å². The van der Waals surface area contributed by atoms with E-state index in [1.54, 1.807) is 27.7 Å². The molecular formula is C13H19FNO3PS. The number of rotatable bonds is 4.